The maximum Gasteiger partial charge on any atom is 0.490 e. The number of carbonyl (C=O) groups is 2. The van der Waals surface area contributed by atoms with Gasteiger partial charge in [-0.15, -0.1) is 0 Å². The van der Waals surface area contributed by atoms with Gasteiger partial charge in [-0.1, -0.05) is 0 Å². The number of nitrogens with one attached hydrogen (secondary N) is 2. The average Bonchev–Trinajstić information content (AvgIpc) is 3.40. The van der Waals surface area contributed by atoms with Crippen molar-refractivity contribution >= 4 is 23.0 Å². The zero-order valence-corrected chi connectivity index (χ0v) is 22.1. The summed E-state index contributed by atoms with van der Waals surface area (Å²) in [7, 11) is 0. The van der Waals surface area contributed by atoms with E-state index >= 15 is 0 Å². The second-order valence-electron chi connectivity index (χ2n) is 10.7. The smallest absolute Gasteiger partial charge is 0.475 e. The molecular formula is C26H30F3N9O3. The highest BCUT2D eigenvalue weighted by Crippen LogP contribution is 2.45. The Morgan fingerprint density at radius 3 is 2.54 bits per heavy atom. The van der Waals surface area contributed by atoms with Gasteiger partial charge in [0.2, 0.25) is 0 Å². The van der Waals surface area contributed by atoms with E-state index in [0.717, 1.165) is 67.9 Å². The van der Waals surface area contributed by atoms with E-state index in [1.807, 2.05) is 34.2 Å². The molecule has 3 aromatic rings. The molecule has 0 radical (unpaired) electrons. The van der Waals surface area contributed by atoms with Gasteiger partial charge in [-0.25, -0.2) is 19.6 Å². The number of carboxylic acid groups (broad SMARTS) is 1. The number of fused-ring (bicyclic) bond motifs is 1. The van der Waals surface area contributed by atoms with Crippen molar-refractivity contribution in [3.63, 3.8) is 0 Å². The summed E-state index contributed by atoms with van der Waals surface area (Å²) in [5, 5.41) is 25.4. The number of rotatable bonds is 6. The molecule has 12 nitrogen and oxygen atoms in total. The number of H-pyrrole nitrogens is 1. The molecule has 4 heterocycles. The number of hydrogen-bond donors (Lipinski definition) is 3. The van der Waals surface area contributed by atoms with E-state index in [4.69, 9.17) is 9.90 Å². The maximum absolute atomic E-state index is 12.4. The van der Waals surface area contributed by atoms with Crippen LogP contribution in [-0.2, 0) is 10.3 Å². The molecule has 0 spiro atoms. The monoisotopic (exact) mass is 573 g/mol. The Kier molecular flexibility index (Phi) is 7.85. The number of hydrogen-bond acceptors (Lipinski definition) is 7. The fraction of sp³-hybridized carbons (Fsp3) is 0.538. The number of piperazine rings is 1. The first-order valence-electron chi connectivity index (χ1n) is 13.4. The molecule has 2 saturated carbocycles. The number of aliphatic carboxylic acids is 1. The standard InChI is InChI=1S/C24H29N9O.C2HF3O2/c25-5-4-24(33-15-18(14-30-33)21-20-3-6-26-22(20)29-16-28-21)11-19(12-24)31-7-9-32(10-8-31)23(34)27-13-17-1-2-17;3-2(4,5)1(6)7/h3,6,14-17,19H,1-2,4,7-13H2,(H,27,34)(H,26,28,29);(H,6,7)/t19-,24-;. The quantitative estimate of drug-likeness (QED) is 0.406. The van der Waals surface area contributed by atoms with E-state index in [1.165, 1.54) is 12.8 Å². The van der Waals surface area contributed by atoms with Crippen LogP contribution in [0.25, 0.3) is 22.3 Å². The fourth-order valence-electron chi connectivity index (χ4n) is 5.40. The third-order valence-corrected chi connectivity index (χ3v) is 7.93. The molecule has 1 aliphatic heterocycles. The third-order valence-electron chi connectivity index (χ3n) is 7.93. The van der Waals surface area contributed by atoms with Gasteiger partial charge >= 0.3 is 18.2 Å². The lowest BCUT2D eigenvalue weighted by molar-refractivity contribution is -0.192. The van der Waals surface area contributed by atoms with Gasteiger partial charge in [0.15, 0.2) is 0 Å². The molecule has 41 heavy (non-hydrogen) atoms. The van der Waals surface area contributed by atoms with Crippen LogP contribution in [0.5, 0.6) is 0 Å². The first kappa shape index (κ1) is 28.3. The highest BCUT2D eigenvalue weighted by Gasteiger charge is 2.49. The number of urea groups is 1. The van der Waals surface area contributed by atoms with Crippen molar-refractivity contribution in [1.29, 1.82) is 5.26 Å². The molecule has 3 aromatic heterocycles. The minimum absolute atomic E-state index is 0.0734. The van der Waals surface area contributed by atoms with Crippen molar-refractivity contribution in [1.82, 2.24) is 39.8 Å². The van der Waals surface area contributed by atoms with Crippen LogP contribution in [0.1, 0.15) is 32.1 Å². The van der Waals surface area contributed by atoms with E-state index in [2.05, 4.69) is 36.3 Å². The van der Waals surface area contributed by atoms with Crippen molar-refractivity contribution in [2.24, 2.45) is 5.92 Å². The summed E-state index contributed by atoms with van der Waals surface area (Å²) in [6.07, 6.45) is 6.88. The van der Waals surface area contributed by atoms with Crippen molar-refractivity contribution in [3.05, 3.63) is 31.0 Å². The molecule has 6 rings (SSSR count). The van der Waals surface area contributed by atoms with Crippen molar-refractivity contribution in [2.75, 3.05) is 32.7 Å². The first-order chi connectivity index (χ1) is 19.6. The van der Waals surface area contributed by atoms with Crippen LogP contribution in [0.3, 0.4) is 0 Å². The van der Waals surface area contributed by atoms with Crippen LogP contribution in [0.15, 0.2) is 31.0 Å². The zero-order chi connectivity index (χ0) is 29.2. The number of carboxylic acids is 1. The van der Waals surface area contributed by atoms with E-state index in [-0.39, 0.29) is 11.6 Å². The van der Waals surface area contributed by atoms with Crippen LogP contribution in [-0.4, -0.2) is 96.6 Å². The van der Waals surface area contributed by atoms with Gasteiger partial charge in [0, 0.05) is 62.1 Å². The van der Waals surface area contributed by atoms with Gasteiger partial charge in [-0.3, -0.25) is 9.58 Å². The number of halogens is 3. The number of nitrogens with zero attached hydrogens (tertiary/aromatic N) is 7. The summed E-state index contributed by atoms with van der Waals surface area (Å²) < 4.78 is 33.7. The lowest BCUT2D eigenvalue weighted by atomic mass is 9.70. The van der Waals surface area contributed by atoms with E-state index in [0.29, 0.717) is 18.4 Å². The van der Waals surface area contributed by atoms with Crippen LogP contribution in [0.4, 0.5) is 18.0 Å². The van der Waals surface area contributed by atoms with Gasteiger partial charge in [-0.2, -0.15) is 23.5 Å². The maximum atomic E-state index is 12.4. The van der Waals surface area contributed by atoms with Gasteiger partial charge in [-0.05, 0) is 37.7 Å². The molecule has 2 aliphatic carbocycles. The average molecular weight is 574 g/mol. The molecule has 0 aromatic carbocycles. The van der Waals surface area contributed by atoms with Gasteiger partial charge in [0.1, 0.15) is 12.0 Å². The molecule has 0 atom stereocenters. The molecule has 218 valence electrons. The molecule has 3 N–H and O–H groups in total. The summed E-state index contributed by atoms with van der Waals surface area (Å²) >= 11 is 0. The van der Waals surface area contributed by atoms with Crippen molar-refractivity contribution in [2.45, 2.75) is 49.9 Å². The lowest BCUT2D eigenvalue weighted by Crippen LogP contribution is -2.61. The van der Waals surface area contributed by atoms with Gasteiger partial charge in [0.05, 0.1) is 29.9 Å². The van der Waals surface area contributed by atoms with Crippen LogP contribution in [0.2, 0.25) is 0 Å². The number of aromatic amines is 1. The van der Waals surface area contributed by atoms with Crippen molar-refractivity contribution in [3.8, 4) is 17.3 Å². The summed E-state index contributed by atoms with van der Waals surface area (Å²) in [6.45, 7) is 4.08. The number of aromatic nitrogens is 5. The summed E-state index contributed by atoms with van der Waals surface area (Å²) in [6, 6.07) is 4.84. The van der Waals surface area contributed by atoms with E-state index in [9.17, 15) is 23.2 Å². The highest BCUT2D eigenvalue weighted by atomic mass is 19.4. The predicted molar refractivity (Wildman–Crippen MR) is 139 cm³/mol. The Hall–Kier alpha value is -4.19. The molecular weight excluding hydrogens is 543 g/mol. The SMILES string of the molecule is N#CC[C@]1(n2cc(-c3ncnc4[nH]ccc34)cn2)C[C@H](N2CCN(C(=O)NCC3CC3)CC2)C1.O=C(O)C(F)(F)F. The lowest BCUT2D eigenvalue weighted by Gasteiger charge is -2.52. The highest BCUT2D eigenvalue weighted by molar-refractivity contribution is 5.90. The number of carbonyl (C=O) groups excluding carboxylic acids is 1. The molecule has 1 saturated heterocycles. The number of nitriles is 1. The molecule has 2 amide bonds. The Morgan fingerprint density at radius 2 is 1.90 bits per heavy atom. The zero-order valence-electron chi connectivity index (χ0n) is 22.1. The first-order valence-corrected chi connectivity index (χ1v) is 13.4. The number of amides is 2. The molecule has 3 aliphatic rings. The molecule has 0 unspecified atom stereocenters. The topological polar surface area (TPSA) is 156 Å². The van der Waals surface area contributed by atoms with E-state index < -0.39 is 12.1 Å². The second-order valence-corrected chi connectivity index (χ2v) is 10.7. The third kappa shape index (κ3) is 6.27. The Bertz CT molecular complexity index is 1430. The van der Waals surface area contributed by atoms with E-state index in [1.54, 1.807) is 6.33 Å². The Labute approximate surface area is 233 Å². The summed E-state index contributed by atoms with van der Waals surface area (Å²) in [4.78, 5) is 37.5. The molecule has 3 fully saturated rings. The molecule has 0 bridgehead atoms. The van der Waals surface area contributed by atoms with Gasteiger partial charge in [0.25, 0.3) is 0 Å². The summed E-state index contributed by atoms with van der Waals surface area (Å²) in [5.74, 6) is -2.06. The Morgan fingerprint density at radius 1 is 1.20 bits per heavy atom. The normalized spacial score (nSPS) is 22.8. The van der Waals surface area contributed by atoms with Crippen LogP contribution >= 0.6 is 0 Å². The number of alkyl halides is 3. The molecule has 15 heteroatoms. The van der Waals surface area contributed by atoms with Crippen LogP contribution < -0.4 is 5.32 Å². The summed E-state index contributed by atoms with van der Waals surface area (Å²) in [5.41, 5.74) is 2.28. The minimum atomic E-state index is -5.08. The minimum Gasteiger partial charge on any atom is -0.475 e. The second kappa shape index (κ2) is 11.4. The largest absolute Gasteiger partial charge is 0.490 e. The Balaban J connectivity index is 0.000000431. The van der Waals surface area contributed by atoms with Crippen LogP contribution in [0, 0.1) is 17.2 Å². The van der Waals surface area contributed by atoms with Crippen molar-refractivity contribution < 1.29 is 27.9 Å². The predicted octanol–water partition coefficient (Wildman–Crippen LogP) is 2.96. The van der Waals surface area contributed by atoms with Gasteiger partial charge < -0.3 is 20.3 Å². The fourth-order valence-corrected chi connectivity index (χ4v) is 5.40.